The first kappa shape index (κ1) is 11.5. The van der Waals surface area contributed by atoms with Gasteiger partial charge in [0.1, 0.15) is 5.75 Å². The van der Waals surface area contributed by atoms with E-state index in [4.69, 9.17) is 4.74 Å². The number of nitro groups is 1. The molecule has 0 aromatic heterocycles. The summed E-state index contributed by atoms with van der Waals surface area (Å²) < 4.78 is 5.04. The zero-order valence-electron chi connectivity index (χ0n) is 8.85. The number of aliphatic hydroxyl groups is 1. The van der Waals surface area contributed by atoms with E-state index in [1.165, 1.54) is 26.2 Å². The maximum absolute atomic E-state index is 10.7. The Bertz CT molecular complexity index is 387. The van der Waals surface area contributed by atoms with E-state index in [-0.39, 0.29) is 11.3 Å². The summed E-state index contributed by atoms with van der Waals surface area (Å²) in [5.41, 5.74) is 0.861. The van der Waals surface area contributed by atoms with Crippen LogP contribution in [0.4, 0.5) is 5.69 Å². The number of rotatable bonds is 3. The predicted molar refractivity (Wildman–Crippen MR) is 55.0 cm³/mol. The van der Waals surface area contributed by atoms with Crippen LogP contribution in [0.1, 0.15) is 24.2 Å². The maximum Gasteiger partial charge on any atom is 0.275 e. The summed E-state index contributed by atoms with van der Waals surface area (Å²) >= 11 is 0. The maximum atomic E-state index is 10.7. The van der Waals surface area contributed by atoms with Gasteiger partial charge in [0, 0.05) is 6.07 Å². The van der Waals surface area contributed by atoms with Gasteiger partial charge in [-0.25, -0.2) is 0 Å². The highest BCUT2D eigenvalue weighted by molar-refractivity contribution is 5.50. The van der Waals surface area contributed by atoms with Crippen molar-refractivity contribution in [2.75, 3.05) is 7.11 Å². The van der Waals surface area contributed by atoms with Crippen molar-refractivity contribution in [3.8, 4) is 5.75 Å². The molecule has 0 heterocycles. The highest BCUT2D eigenvalue weighted by atomic mass is 16.6. The van der Waals surface area contributed by atoms with Crippen molar-refractivity contribution in [2.24, 2.45) is 0 Å². The molecule has 0 spiro atoms. The highest BCUT2D eigenvalue weighted by Crippen LogP contribution is 2.31. The average molecular weight is 211 g/mol. The fourth-order valence-electron chi connectivity index (χ4n) is 1.40. The number of hydrogen-bond donors (Lipinski definition) is 1. The molecule has 0 bridgehead atoms. The number of nitro benzene ring substituents is 1. The molecule has 1 N–H and O–H groups in total. The van der Waals surface area contributed by atoms with Gasteiger partial charge in [-0.1, -0.05) is 0 Å². The topological polar surface area (TPSA) is 72.6 Å². The lowest BCUT2D eigenvalue weighted by atomic mass is 10.0. The molecule has 5 heteroatoms. The van der Waals surface area contributed by atoms with Crippen LogP contribution in [-0.4, -0.2) is 17.1 Å². The molecular formula is C10H13NO4. The predicted octanol–water partition coefficient (Wildman–Crippen LogP) is 1.97. The van der Waals surface area contributed by atoms with E-state index in [1.54, 1.807) is 6.92 Å². The molecule has 15 heavy (non-hydrogen) atoms. The van der Waals surface area contributed by atoms with Gasteiger partial charge >= 0.3 is 0 Å². The molecule has 0 amide bonds. The summed E-state index contributed by atoms with van der Waals surface area (Å²) in [5.74, 6) is 0.538. The van der Waals surface area contributed by atoms with Gasteiger partial charge in [-0.3, -0.25) is 10.1 Å². The van der Waals surface area contributed by atoms with Crippen LogP contribution in [0.3, 0.4) is 0 Å². The fraction of sp³-hybridized carbons (Fsp3) is 0.400. The average Bonchev–Trinajstić information content (AvgIpc) is 2.16. The molecule has 1 aromatic rings. The van der Waals surface area contributed by atoms with Gasteiger partial charge in [-0.15, -0.1) is 0 Å². The number of benzene rings is 1. The SMILES string of the molecule is COc1cc(C(C)O)c([N+](=O)[O-])cc1C. The lowest BCUT2D eigenvalue weighted by Crippen LogP contribution is -2.01. The van der Waals surface area contributed by atoms with Crippen LogP contribution in [0.5, 0.6) is 5.75 Å². The summed E-state index contributed by atoms with van der Waals surface area (Å²) in [7, 11) is 1.49. The first-order chi connectivity index (χ1) is 6.97. The number of aliphatic hydroxyl groups excluding tert-OH is 1. The number of hydrogen-bond acceptors (Lipinski definition) is 4. The molecule has 0 aliphatic carbocycles. The lowest BCUT2D eigenvalue weighted by molar-refractivity contribution is -0.386. The molecule has 1 atom stereocenters. The summed E-state index contributed by atoms with van der Waals surface area (Å²) in [6.45, 7) is 3.20. The zero-order chi connectivity index (χ0) is 11.6. The molecule has 0 saturated heterocycles. The van der Waals surface area contributed by atoms with Crippen molar-refractivity contribution in [3.63, 3.8) is 0 Å². The van der Waals surface area contributed by atoms with Crippen molar-refractivity contribution in [1.82, 2.24) is 0 Å². The van der Waals surface area contributed by atoms with Gasteiger partial charge in [-0.05, 0) is 25.5 Å². The van der Waals surface area contributed by atoms with E-state index in [2.05, 4.69) is 0 Å². The molecule has 0 saturated carbocycles. The summed E-state index contributed by atoms with van der Waals surface area (Å²) in [6, 6.07) is 2.90. The standard InChI is InChI=1S/C10H13NO4/c1-6-4-9(11(13)14)8(7(2)12)5-10(6)15-3/h4-5,7,12H,1-3H3. The van der Waals surface area contributed by atoms with Crippen LogP contribution >= 0.6 is 0 Å². The Kier molecular flexibility index (Phi) is 3.26. The minimum absolute atomic E-state index is 0.0803. The molecule has 0 aliphatic rings. The Morgan fingerprint density at radius 3 is 2.53 bits per heavy atom. The molecule has 1 unspecified atom stereocenters. The first-order valence-corrected chi connectivity index (χ1v) is 4.48. The molecule has 0 aliphatic heterocycles. The largest absolute Gasteiger partial charge is 0.496 e. The Morgan fingerprint density at radius 2 is 2.13 bits per heavy atom. The highest BCUT2D eigenvalue weighted by Gasteiger charge is 2.20. The Morgan fingerprint density at radius 1 is 1.53 bits per heavy atom. The van der Waals surface area contributed by atoms with E-state index in [1.807, 2.05) is 0 Å². The van der Waals surface area contributed by atoms with Crippen molar-refractivity contribution in [1.29, 1.82) is 0 Å². The van der Waals surface area contributed by atoms with Gasteiger partial charge in [-0.2, -0.15) is 0 Å². The van der Waals surface area contributed by atoms with Crippen LogP contribution in [0.25, 0.3) is 0 Å². The minimum atomic E-state index is -0.889. The van der Waals surface area contributed by atoms with Crippen molar-refractivity contribution >= 4 is 5.69 Å². The van der Waals surface area contributed by atoms with E-state index in [0.29, 0.717) is 11.3 Å². The van der Waals surface area contributed by atoms with Gasteiger partial charge in [0.05, 0.1) is 23.7 Å². The van der Waals surface area contributed by atoms with Gasteiger partial charge < -0.3 is 9.84 Å². The van der Waals surface area contributed by atoms with Crippen LogP contribution in [0.15, 0.2) is 12.1 Å². The summed E-state index contributed by atoms with van der Waals surface area (Å²) in [4.78, 5) is 10.2. The van der Waals surface area contributed by atoms with Crippen LogP contribution < -0.4 is 4.74 Å². The summed E-state index contributed by atoms with van der Waals surface area (Å²) in [6.07, 6.45) is -0.889. The van der Waals surface area contributed by atoms with Gasteiger partial charge in [0.2, 0.25) is 0 Å². The number of ether oxygens (including phenoxy) is 1. The molecular weight excluding hydrogens is 198 g/mol. The molecule has 82 valence electrons. The monoisotopic (exact) mass is 211 g/mol. The van der Waals surface area contributed by atoms with Crippen LogP contribution in [0, 0.1) is 17.0 Å². The van der Waals surface area contributed by atoms with E-state index in [0.717, 1.165) is 0 Å². The normalized spacial score (nSPS) is 12.3. The number of aryl methyl sites for hydroxylation is 1. The lowest BCUT2D eigenvalue weighted by Gasteiger charge is -2.10. The van der Waals surface area contributed by atoms with Crippen LogP contribution in [-0.2, 0) is 0 Å². The Hall–Kier alpha value is -1.62. The van der Waals surface area contributed by atoms with Crippen molar-refractivity contribution in [2.45, 2.75) is 20.0 Å². The third-order valence-electron chi connectivity index (χ3n) is 2.19. The Labute approximate surface area is 87.5 Å². The Balaban J connectivity index is 3.38. The third-order valence-corrected chi connectivity index (χ3v) is 2.19. The van der Waals surface area contributed by atoms with Gasteiger partial charge in [0.25, 0.3) is 5.69 Å². The van der Waals surface area contributed by atoms with E-state index < -0.39 is 11.0 Å². The molecule has 0 radical (unpaired) electrons. The van der Waals surface area contributed by atoms with E-state index >= 15 is 0 Å². The van der Waals surface area contributed by atoms with Crippen molar-refractivity contribution < 1.29 is 14.8 Å². The van der Waals surface area contributed by atoms with E-state index in [9.17, 15) is 15.2 Å². The summed E-state index contributed by atoms with van der Waals surface area (Å²) in [5, 5.41) is 20.1. The third kappa shape index (κ3) is 2.24. The molecule has 0 fully saturated rings. The number of methoxy groups -OCH3 is 1. The quantitative estimate of drug-likeness (QED) is 0.612. The molecule has 5 nitrogen and oxygen atoms in total. The van der Waals surface area contributed by atoms with Crippen LogP contribution in [0.2, 0.25) is 0 Å². The zero-order valence-corrected chi connectivity index (χ0v) is 8.85. The van der Waals surface area contributed by atoms with Gasteiger partial charge in [0.15, 0.2) is 0 Å². The minimum Gasteiger partial charge on any atom is -0.496 e. The molecule has 1 aromatic carbocycles. The second kappa shape index (κ2) is 4.27. The second-order valence-electron chi connectivity index (χ2n) is 3.31. The smallest absolute Gasteiger partial charge is 0.275 e. The fourth-order valence-corrected chi connectivity index (χ4v) is 1.40. The molecule has 1 rings (SSSR count). The number of nitrogens with zero attached hydrogens (tertiary/aromatic N) is 1. The first-order valence-electron chi connectivity index (χ1n) is 4.48. The second-order valence-corrected chi connectivity index (χ2v) is 3.31. The van der Waals surface area contributed by atoms with Crippen molar-refractivity contribution in [3.05, 3.63) is 33.4 Å².